The number of hydrogen-bond acceptors (Lipinski definition) is 4. The Morgan fingerprint density at radius 2 is 1.89 bits per heavy atom. The van der Waals surface area contributed by atoms with Gasteiger partial charge in [-0.05, 0) is 12.1 Å². The van der Waals surface area contributed by atoms with Crippen molar-refractivity contribution in [3.63, 3.8) is 0 Å². The molecule has 6 nitrogen and oxygen atoms in total. The fourth-order valence-corrected chi connectivity index (χ4v) is 1.85. The van der Waals surface area contributed by atoms with Gasteiger partial charge in [0.1, 0.15) is 5.75 Å². The molecule has 1 aliphatic rings. The van der Waals surface area contributed by atoms with Gasteiger partial charge in [0, 0.05) is 18.9 Å². The highest BCUT2D eigenvalue weighted by atomic mass is 16.5. The lowest BCUT2D eigenvalue weighted by atomic mass is 10.1. The summed E-state index contributed by atoms with van der Waals surface area (Å²) >= 11 is 0. The Balaban J connectivity index is 2.56. The van der Waals surface area contributed by atoms with Crippen LogP contribution in [0.2, 0.25) is 0 Å². The van der Waals surface area contributed by atoms with Gasteiger partial charge in [0.05, 0.1) is 18.4 Å². The van der Waals surface area contributed by atoms with Crippen molar-refractivity contribution < 1.29 is 24.2 Å². The summed E-state index contributed by atoms with van der Waals surface area (Å²) in [5, 5.41) is 9.07. The van der Waals surface area contributed by atoms with Gasteiger partial charge in [0.2, 0.25) is 11.8 Å². The maximum Gasteiger partial charge on any atom is 0.337 e. The minimum atomic E-state index is -1.19. The minimum absolute atomic E-state index is 0.0642. The van der Waals surface area contributed by atoms with Crippen LogP contribution in [0.5, 0.6) is 5.75 Å². The maximum atomic E-state index is 11.6. The van der Waals surface area contributed by atoms with Crippen LogP contribution in [0.1, 0.15) is 23.2 Å². The number of amides is 2. The lowest BCUT2D eigenvalue weighted by Crippen LogP contribution is -2.30. The number of rotatable bonds is 3. The van der Waals surface area contributed by atoms with Crippen molar-refractivity contribution in [1.29, 1.82) is 0 Å². The predicted molar refractivity (Wildman–Crippen MR) is 61.7 cm³/mol. The van der Waals surface area contributed by atoms with Crippen molar-refractivity contribution in [2.24, 2.45) is 0 Å². The molecule has 1 heterocycles. The molecule has 0 spiro atoms. The molecule has 94 valence electrons. The second-order valence-electron chi connectivity index (χ2n) is 3.81. The molecule has 1 saturated heterocycles. The van der Waals surface area contributed by atoms with E-state index < -0.39 is 17.8 Å². The second-order valence-corrected chi connectivity index (χ2v) is 3.81. The number of benzene rings is 1. The number of imide groups is 1. The molecule has 0 unspecified atom stereocenters. The van der Waals surface area contributed by atoms with Gasteiger partial charge >= 0.3 is 5.97 Å². The van der Waals surface area contributed by atoms with E-state index in [9.17, 15) is 14.4 Å². The van der Waals surface area contributed by atoms with E-state index in [2.05, 4.69) is 0 Å². The van der Waals surface area contributed by atoms with E-state index in [4.69, 9.17) is 9.84 Å². The molecular weight excluding hydrogens is 238 g/mol. The smallest absolute Gasteiger partial charge is 0.337 e. The number of carbonyl (C=O) groups excluding carboxylic acids is 2. The van der Waals surface area contributed by atoms with Gasteiger partial charge in [-0.25, -0.2) is 9.69 Å². The molecule has 0 aromatic heterocycles. The Hall–Kier alpha value is -2.37. The van der Waals surface area contributed by atoms with Crippen LogP contribution in [0.25, 0.3) is 0 Å². The number of nitrogens with zero attached hydrogens (tertiary/aromatic N) is 1. The monoisotopic (exact) mass is 249 g/mol. The van der Waals surface area contributed by atoms with E-state index >= 15 is 0 Å². The summed E-state index contributed by atoms with van der Waals surface area (Å²) in [6, 6.07) is 4.16. The summed E-state index contributed by atoms with van der Waals surface area (Å²) in [6.45, 7) is 0. The molecule has 1 aromatic carbocycles. The standard InChI is InChI=1S/C12H11NO5/c1-18-7-2-3-8(12(16)17)9(6-7)13-10(14)4-5-11(13)15/h2-3,6H,4-5H2,1H3,(H,16,17). The number of carbonyl (C=O) groups is 3. The molecule has 1 fully saturated rings. The van der Waals surface area contributed by atoms with Crippen molar-refractivity contribution in [1.82, 2.24) is 0 Å². The van der Waals surface area contributed by atoms with E-state index in [0.717, 1.165) is 4.90 Å². The second kappa shape index (κ2) is 4.48. The highest BCUT2D eigenvalue weighted by molar-refractivity contribution is 6.21. The molecule has 18 heavy (non-hydrogen) atoms. The zero-order valence-corrected chi connectivity index (χ0v) is 9.67. The summed E-state index contributed by atoms with van der Waals surface area (Å²) in [7, 11) is 1.42. The number of carboxylic acids is 1. The largest absolute Gasteiger partial charge is 0.497 e. The zero-order chi connectivity index (χ0) is 13.3. The highest BCUT2D eigenvalue weighted by Crippen LogP contribution is 2.30. The number of carboxylic acid groups (broad SMARTS) is 1. The maximum absolute atomic E-state index is 11.6. The van der Waals surface area contributed by atoms with Gasteiger partial charge in [-0.3, -0.25) is 9.59 Å². The SMILES string of the molecule is COc1ccc(C(=O)O)c(N2C(=O)CCC2=O)c1. The van der Waals surface area contributed by atoms with E-state index in [-0.39, 0.29) is 24.1 Å². The molecule has 2 rings (SSSR count). The van der Waals surface area contributed by atoms with E-state index in [0.29, 0.717) is 5.75 Å². The average Bonchev–Trinajstić information content (AvgIpc) is 2.68. The van der Waals surface area contributed by atoms with E-state index in [1.165, 1.54) is 25.3 Å². The van der Waals surface area contributed by atoms with Gasteiger partial charge in [0.15, 0.2) is 0 Å². The Kier molecular flexibility index (Phi) is 3.01. The third-order valence-corrected chi connectivity index (χ3v) is 2.73. The molecule has 0 bridgehead atoms. The van der Waals surface area contributed by atoms with Crippen LogP contribution in [-0.2, 0) is 9.59 Å². The quantitative estimate of drug-likeness (QED) is 0.809. The number of anilines is 1. The number of methoxy groups -OCH3 is 1. The van der Waals surface area contributed by atoms with Gasteiger partial charge in [-0.15, -0.1) is 0 Å². The Morgan fingerprint density at radius 3 is 2.39 bits per heavy atom. The summed E-state index contributed by atoms with van der Waals surface area (Å²) in [5.74, 6) is -1.59. The van der Waals surface area contributed by atoms with Crippen LogP contribution in [0.3, 0.4) is 0 Å². The Bertz CT molecular complexity index is 521. The van der Waals surface area contributed by atoms with E-state index in [1.54, 1.807) is 0 Å². The first-order valence-electron chi connectivity index (χ1n) is 5.31. The third kappa shape index (κ3) is 1.92. The van der Waals surface area contributed by atoms with Crippen LogP contribution in [0, 0.1) is 0 Å². The van der Waals surface area contributed by atoms with Crippen molar-refractivity contribution in [2.45, 2.75) is 12.8 Å². The topological polar surface area (TPSA) is 83.9 Å². The third-order valence-electron chi connectivity index (χ3n) is 2.73. The van der Waals surface area contributed by atoms with Crippen molar-refractivity contribution in [2.75, 3.05) is 12.0 Å². The fraction of sp³-hybridized carbons (Fsp3) is 0.250. The van der Waals surface area contributed by atoms with Gasteiger partial charge < -0.3 is 9.84 Å². The van der Waals surface area contributed by atoms with Crippen LogP contribution in [0.4, 0.5) is 5.69 Å². The Labute approximate surface area is 103 Å². The van der Waals surface area contributed by atoms with E-state index in [1.807, 2.05) is 0 Å². The van der Waals surface area contributed by atoms with Crippen LogP contribution >= 0.6 is 0 Å². The summed E-state index contributed by atoms with van der Waals surface area (Å²) in [4.78, 5) is 35.3. The molecule has 2 amide bonds. The number of aromatic carboxylic acids is 1. The normalized spacial score (nSPS) is 15.1. The van der Waals surface area contributed by atoms with Crippen LogP contribution in [-0.4, -0.2) is 30.0 Å². The average molecular weight is 249 g/mol. The number of hydrogen-bond donors (Lipinski definition) is 1. The lowest BCUT2D eigenvalue weighted by molar-refractivity contribution is -0.121. The highest BCUT2D eigenvalue weighted by Gasteiger charge is 2.33. The van der Waals surface area contributed by atoms with Gasteiger partial charge in [0.25, 0.3) is 0 Å². The summed E-state index contributed by atoms with van der Waals surface area (Å²) < 4.78 is 4.98. The Morgan fingerprint density at radius 1 is 1.28 bits per heavy atom. The molecule has 0 aliphatic carbocycles. The molecule has 6 heteroatoms. The molecule has 1 aromatic rings. The first-order valence-corrected chi connectivity index (χ1v) is 5.31. The molecule has 0 radical (unpaired) electrons. The van der Waals surface area contributed by atoms with Crippen LogP contribution < -0.4 is 9.64 Å². The van der Waals surface area contributed by atoms with Gasteiger partial charge in [-0.2, -0.15) is 0 Å². The minimum Gasteiger partial charge on any atom is -0.497 e. The molecular formula is C12H11NO5. The van der Waals surface area contributed by atoms with Crippen molar-refractivity contribution in [3.05, 3.63) is 23.8 Å². The fourth-order valence-electron chi connectivity index (χ4n) is 1.85. The number of ether oxygens (including phenoxy) is 1. The molecule has 0 atom stereocenters. The van der Waals surface area contributed by atoms with Crippen molar-refractivity contribution >= 4 is 23.5 Å². The molecule has 1 aliphatic heterocycles. The predicted octanol–water partition coefficient (Wildman–Crippen LogP) is 1.05. The summed E-state index contributed by atoms with van der Waals surface area (Å²) in [5.41, 5.74) is -0.0336. The molecule has 1 N–H and O–H groups in total. The lowest BCUT2D eigenvalue weighted by Gasteiger charge is -2.17. The summed E-state index contributed by atoms with van der Waals surface area (Å²) in [6.07, 6.45) is 0.213. The van der Waals surface area contributed by atoms with Crippen LogP contribution in [0.15, 0.2) is 18.2 Å². The zero-order valence-electron chi connectivity index (χ0n) is 9.67. The first-order chi connectivity index (χ1) is 8.54. The first kappa shape index (κ1) is 12.1. The van der Waals surface area contributed by atoms with Crippen molar-refractivity contribution in [3.8, 4) is 5.75 Å². The molecule has 0 saturated carbocycles. The van der Waals surface area contributed by atoms with Gasteiger partial charge in [-0.1, -0.05) is 0 Å².